The van der Waals surface area contributed by atoms with Crippen LogP contribution in [0.15, 0.2) is 30.6 Å². The lowest BCUT2D eigenvalue weighted by atomic mass is 9.98. The molecule has 0 radical (unpaired) electrons. The Morgan fingerprint density at radius 1 is 1.21 bits per heavy atom. The molecule has 28 heavy (non-hydrogen) atoms. The van der Waals surface area contributed by atoms with Crippen molar-refractivity contribution in [2.24, 2.45) is 0 Å². The Kier molecular flexibility index (Phi) is 5.67. The summed E-state index contributed by atoms with van der Waals surface area (Å²) in [6, 6.07) is 6.92. The Labute approximate surface area is 162 Å². The molecular weight excluding hydrogens is 358 g/mol. The molecular formula is C20H23N5O3. The van der Waals surface area contributed by atoms with Crippen LogP contribution in [0.3, 0.4) is 0 Å². The summed E-state index contributed by atoms with van der Waals surface area (Å²) in [4.78, 5) is 32.3. The third-order valence-corrected chi connectivity index (χ3v) is 4.87. The zero-order valence-electron chi connectivity index (χ0n) is 16.1. The standard InChI is InChI=1S/C20H23N5O3/c1-12-6-4-5-7-15(12)17(10-19(27)28)24-18(26)9-8-16-13(2)23-20-21-11-22-25(20)14(16)3/h4-7,11,17H,8-10H2,1-3H3,(H,24,26)(H,27,28). The minimum absolute atomic E-state index is 0.166. The fraction of sp³-hybridized carbons (Fsp3) is 0.350. The number of rotatable bonds is 7. The summed E-state index contributed by atoms with van der Waals surface area (Å²) in [5, 5.41) is 16.3. The molecule has 2 aromatic heterocycles. The van der Waals surface area contributed by atoms with Crippen LogP contribution in [-0.4, -0.2) is 36.6 Å². The Bertz CT molecular complexity index is 1030. The van der Waals surface area contributed by atoms with Crippen molar-refractivity contribution in [2.45, 2.75) is 46.1 Å². The summed E-state index contributed by atoms with van der Waals surface area (Å²) in [7, 11) is 0. The van der Waals surface area contributed by atoms with Crippen LogP contribution in [0.1, 0.15) is 47.0 Å². The molecule has 0 fully saturated rings. The average Bonchev–Trinajstić information content (AvgIpc) is 3.09. The normalized spacial score (nSPS) is 12.1. The van der Waals surface area contributed by atoms with Crippen LogP contribution in [0.5, 0.6) is 0 Å². The molecule has 8 heteroatoms. The van der Waals surface area contributed by atoms with E-state index in [2.05, 4.69) is 20.4 Å². The quantitative estimate of drug-likeness (QED) is 0.650. The summed E-state index contributed by atoms with van der Waals surface area (Å²) in [6.07, 6.45) is 2.00. The van der Waals surface area contributed by atoms with E-state index in [1.54, 1.807) is 4.52 Å². The van der Waals surface area contributed by atoms with Crippen molar-refractivity contribution in [3.63, 3.8) is 0 Å². The zero-order valence-corrected chi connectivity index (χ0v) is 16.1. The second-order valence-corrected chi connectivity index (χ2v) is 6.81. The zero-order chi connectivity index (χ0) is 20.3. The predicted octanol–water partition coefficient (Wildman–Crippen LogP) is 2.31. The first-order valence-corrected chi connectivity index (χ1v) is 9.09. The average molecular weight is 381 g/mol. The molecule has 1 amide bonds. The highest BCUT2D eigenvalue weighted by atomic mass is 16.4. The highest BCUT2D eigenvalue weighted by Crippen LogP contribution is 2.21. The lowest BCUT2D eigenvalue weighted by molar-refractivity contribution is -0.137. The molecule has 3 rings (SSSR count). The van der Waals surface area contributed by atoms with Crippen molar-refractivity contribution >= 4 is 17.7 Å². The van der Waals surface area contributed by atoms with Gasteiger partial charge in [-0.25, -0.2) is 9.50 Å². The van der Waals surface area contributed by atoms with Gasteiger partial charge in [0.25, 0.3) is 5.78 Å². The van der Waals surface area contributed by atoms with E-state index in [1.165, 1.54) is 6.33 Å². The van der Waals surface area contributed by atoms with Crippen molar-refractivity contribution in [3.05, 3.63) is 58.7 Å². The van der Waals surface area contributed by atoms with Gasteiger partial charge in [-0.15, -0.1) is 0 Å². The number of hydrogen-bond acceptors (Lipinski definition) is 5. The van der Waals surface area contributed by atoms with Crippen LogP contribution < -0.4 is 5.32 Å². The van der Waals surface area contributed by atoms with Crippen LogP contribution in [-0.2, 0) is 16.0 Å². The molecule has 0 spiro atoms. The van der Waals surface area contributed by atoms with Crippen molar-refractivity contribution in [1.29, 1.82) is 0 Å². The Balaban J connectivity index is 1.73. The van der Waals surface area contributed by atoms with Crippen LogP contribution in [0, 0.1) is 20.8 Å². The van der Waals surface area contributed by atoms with Crippen molar-refractivity contribution in [2.75, 3.05) is 0 Å². The number of amides is 1. The van der Waals surface area contributed by atoms with E-state index in [9.17, 15) is 14.7 Å². The Morgan fingerprint density at radius 2 is 1.96 bits per heavy atom. The van der Waals surface area contributed by atoms with Gasteiger partial charge in [0.2, 0.25) is 5.91 Å². The first-order chi connectivity index (χ1) is 13.4. The number of carbonyl (C=O) groups is 2. The number of carboxylic acid groups (broad SMARTS) is 1. The monoisotopic (exact) mass is 381 g/mol. The number of hydrogen-bond donors (Lipinski definition) is 2. The molecule has 8 nitrogen and oxygen atoms in total. The van der Waals surface area contributed by atoms with Gasteiger partial charge in [0.15, 0.2) is 0 Å². The lowest BCUT2D eigenvalue weighted by Crippen LogP contribution is -2.31. The van der Waals surface area contributed by atoms with Gasteiger partial charge in [-0.05, 0) is 43.9 Å². The molecule has 2 heterocycles. The second kappa shape index (κ2) is 8.16. The first kappa shape index (κ1) is 19.5. The molecule has 0 aliphatic rings. The number of carboxylic acids is 1. The molecule has 3 aromatic rings. The number of aromatic nitrogens is 4. The molecule has 2 N–H and O–H groups in total. The van der Waals surface area contributed by atoms with Gasteiger partial charge in [-0.1, -0.05) is 24.3 Å². The minimum atomic E-state index is -0.957. The van der Waals surface area contributed by atoms with E-state index < -0.39 is 12.0 Å². The SMILES string of the molecule is Cc1ccccc1C(CC(=O)O)NC(=O)CCc1c(C)nc2ncnn2c1C. The van der Waals surface area contributed by atoms with Gasteiger partial charge in [0.1, 0.15) is 6.33 Å². The maximum absolute atomic E-state index is 12.6. The molecule has 146 valence electrons. The number of fused-ring (bicyclic) bond motifs is 1. The van der Waals surface area contributed by atoms with Gasteiger partial charge < -0.3 is 10.4 Å². The number of aryl methyl sites for hydroxylation is 3. The fourth-order valence-electron chi connectivity index (χ4n) is 3.41. The third-order valence-electron chi connectivity index (χ3n) is 4.87. The highest BCUT2D eigenvalue weighted by molar-refractivity contribution is 5.78. The van der Waals surface area contributed by atoms with Crippen molar-refractivity contribution < 1.29 is 14.7 Å². The molecule has 0 aliphatic heterocycles. The number of nitrogens with one attached hydrogen (secondary N) is 1. The van der Waals surface area contributed by atoms with Crippen LogP contribution in [0.25, 0.3) is 5.78 Å². The maximum atomic E-state index is 12.6. The van der Waals surface area contributed by atoms with Crippen LogP contribution in [0.4, 0.5) is 0 Å². The van der Waals surface area contributed by atoms with E-state index in [1.807, 2.05) is 45.0 Å². The summed E-state index contributed by atoms with van der Waals surface area (Å²) < 4.78 is 1.65. The molecule has 0 aliphatic carbocycles. The summed E-state index contributed by atoms with van der Waals surface area (Å²) in [5.41, 5.74) is 4.41. The number of nitrogens with zero attached hydrogens (tertiary/aromatic N) is 4. The lowest BCUT2D eigenvalue weighted by Gasteiger charge is -2.20. The molecule has 1 aromatic carbocycles. The van der Waals surface area contributed by atoms with E-state index in [4.69, 9.17) is 0 Å². The molecule has 0 saturated heterocycles. The smallest absolute Gasteiger partial charge is 0.305 e. The van der Waals surface area contributed by atoms with E-state index in [0.717, 1.165) is 28.1 Å². The Morgan fingerprint density at radius 3 is 2.68 bits per heavy atom. The van der Waals surface area contributed by atoms with Crippen LogP contribution >= 0.6 is 0 Å². The Hall–Kier alpha value is -3.29. The molecule has 0 bridgehead atoms. The summed E-state index contributed by atoms with van der Waals surface area (Å²) in [5.74, 6) is -0.627. The second-order valence-electron chi connectivity index (χ2n) is 6.81. The maximum Gasteiger partial charge on any atom is 0.305 e. The third kappa shape index (κ3) is 4.16. The van der Waals surface area contributed by atoms with E-state index in [-0.39, 0.29) is 18.7 Å². The van der Waals surface area contributed by atoms with Gasteiger partial charge in [0.05, 0.1) is 12.5 Å². The molecule has 0 saturated carbocycles. The highest BCUT2D eigenvalue weighted by Gasteiger charge is 2.20. The first-order valence-electron chi connectivity index (χ1n) is 9.09. The number of aliphatic carboxylic acids is 1. The van der Waals surface area contributed by atoms with Gasteiger partial charge in [-0.3, -0.25) is 9.59 Å². The van der Waals surface area contributed by atoms with Crippen LogP contribution in [0.2, 0.25) is 0 Å². The van der Waals surface area contributed by atoms with Gasteiger partial charge in [0, 0.05) is 17.8 Å². The topological polar surface area (TPSA) is 109 Å². The van der Waals surface area contributed by atoms with Crippen molar-refractivity contribution in [1.82, 2.24) is 24.9 Å². The van der Waals surface area contributed by atoms with E-state index >= 15 is 0 Å². The number of carbonyl (C=O) groups excluding carboxylic acids is 1. The van der Waals surface area contributed by atoms with E-state index in [0.29, 0.717) is 12.2 Å². The summed E-state index contributed by atoms with van der Waals surface area (Å²) in [6.45, 7) is 5.71. The fourth-order valence-corrected chi connectivity index (χ4v) is 3.41. The molecule has 1 unspecified atom stereocenters. The molecule has 1 atom stereocenters. The summed E-state index contributed by atoms with van der Waals surface area (Å²) >= 11 is 0. The minimum Gasteiger partial charge on any atom is -0.481 e. The van der Waals surface area contributed by atoms with Gasteiger partial charge >= 0.3 is 5.97 Å². The van der Waals surface area contributed by atoms with Gasteiger partial charge in [-0.2, -0.15) is 10.1 Å². The van der Waals surface area contributed by atoms with Crippen molar-refractivity contribution in [3.8, 4) is 0 Å². The number of benzene rings is 1. The predicted molar refractivity (Wildman–Crippen MR) is 103 cm³/mol. The largest absolute Gasteiger partial charge is 0.481 e.